The number of piperidine rings is 1. The molecule has 2 atom stereocenters. The van der Waals surface area contributed by atoms with Gasteiger partial charge in [0.2, 0.25) is 5.91 Å². The Hall–Kier alpha value is -1.40. The van der Waals surface area contributed by atoms with Gasteiger partial charge in [-0.2, -0.15) is 5.10 Å². The van der Waals surface area contributed by atoms with E-state index in [0.717, 1.165) is 45.6 Å². The first-order valence-electron chi connectivity index (χ1n) is 8.28. The van der Waals surface area contributed by atoms with Crippen LogP contribution in [-0.2, 0) is 16.6 Å². The molecule has 3 aliphatic rings. The fourth-order valence-electron chi connectivity index (χ4n) is 4.43. The van der Waals surface area contributed by atoms with Crippen LogP contribution in [0.5, 0.6) is 0 Å². The van der Waals surface area contributed by atoms with Crippen LogP contribution in [0, 0.1) is 0 Å². The van der Waals surface area contributed by atoms with Gasteiger partial charge in [0, 0.05) is 56.9 Å². The van der Waals surface area contributed by atoms with Gasteiger partial charge in [0.1, 0.15) is 0 Å². The second-order valence-electron chi connectivity index (χ2n) is 6.96. The molecule has 1 aromatic rings. The van der Waals surface area contributed by atoms with Crippen molar-refractivity contribution < 1.29 is 9.53 Å². The number of likely N-dealkylation sites (tertiary alicyclic amines) is 1. The zero-order valence-electron chi connectivity index (χ0n) is 13.1. The lowest BCUT2D eigenvalue weighted by Gasteiger charge is -2.44. The molecule has 1 amide bonds. The maximum atomic E-state index is 12.1. The molecule has 1 spiro atoms. The van der Waals surface area contributed by atoms with E-state index < -0.39 is 0 Å². The van der Waals surface area contributed by atoms with Crippen molar-refractivity contribution in [1.82, 2.24) is 20.0 Å². The summed E-state index contributed by atoms with van der Waals surface area (Å²) in [6.45, 7) is 3.85. The lowest BCUT2D eigenvalue weighted by Crippen LogP contribution is -2.55. The molecule has 120 valence electrons. The average Bonchev–Trinajstić information content (AvgIpc) is 3.21. The number of amides is 1. The lowest BCUT2D eigenvalue weighted by molar-refractivity contribution is -0.120. The SMILES string of the molecule is Cn1cc([C@H]2CC(=O)NC23CCN([C@H]2CCOC2)CC3)cn1. The molecule has 0 aromatic carbocycles. The number of aryl methyl sites for hydroxylation is 1. The van der Waals surface area contributed by atoms with Crippen LogP contribution in [0.3, 0.4) is 0 Å². The predicted octanol–water partition coefficient (Wildman–Crippen LogP) is 0.647. The summed E-state index contributed by atoms with van der Waals surface area (Å²) in [5.41, 5.74) is 1.12. The van der Waals surface area contributed by atoms with Crippen molar-refractivity contribution in [2.45, 2.75) is 43.2 Å². The Kier molecular flexibility index (Phi) is 3.46. The van der Waals surface area contributed by atoms with Crippen molar-refractivity contribution in [3.8, 4) is 0 Å². The first kappa shape index (κ1) is 14.2. The van der Waals surface area contributed by atoms with Gasteiger partial charge in [0.25, 0.3) is 0 Å². The second kappa shape index (κ2) is 5.35. The summed E-state index contributed by atoms with van der Waals surface area (Å²) < 4.78 is 7.35. The van der Waals surface area contributed by atoms with E-state index in [9.17, 15) is 4.79 Å². The zero-order chi connectivity index (χ0) is 15.2. The van der Waals surface area contributed by atoms with E-state index in [2.05, 4.69) is 21.5 Å². The summed E-state index contributed by atoms with van der Waals surface area (Å²) in [7, 11) is 1.93. The summed E-state index contributed by atoms with van der Waals surface area (Å²) in [6, 6.07) is 0.575. The van der Waals surface area contributed by atoms with Crippen molar-refractivity contribution in [2.75, 3.05) is 26.3 Å². The number of carbonyl (C=O) groups excluding carboxylic acids is 1. The number of hydrogen-bond donors (Lipinski definition) is 1. The second-order valence-corrected chi connectivity index (χ2v) is 6.96. The Labute approximate surface area is 130 Å². The van der Waals surface area contributed by atoms with Crippen LogP contribution in [0.1, 0.15) is 37.2 Å². The van der Waals surface area contributed by atoms with Gasteiger partial charge in [0.05, 0.1) is 12.8 Å². The summed E-state index contributed by atoms with van der Waals surface area (Å²) >= 11 is 0. The Morgan fingerprint density at radius 2 is 2.23 bits per heavy atom. The number of ether oxygens (including phenoxy) is 1. The van der Waals surface area contributed by atoms with E-state index in [1.807, 2.05) is 17.9 Å². The highest BCUT2D eigenvalue weighted by molar-refractivity contribution is 5.81. The molecule has 3 fully saturated rings. The monoisotopic (exact) mass is 304 g/mol. The van der Waals surface area contributed by atoms with Gasteiger partial charge in [0.15, 0.2) is 0 Å². The number of rotatable bonds is 2. The fourth-order valence-corrected chi connectivity index (χ4v) is 4.43. The molecule has 4 heterocycles. The maximum Gasteiger partial charge on any atom is 0.221 e. The number of carbonyl (C=O) groups is 1. The highest BCUT2D eigenvalue weighted by atomic mass is 16.5. The van der Waals surface area contributed by atoms with E-state index in [4.69, 9.17) is 4.74 Å². The molecule has 6 heteroatoms. The van der Waals surface area contributed by atoms with Gasteiger partial charge >= 0.3 is 0 Å². The van der Waals surface area contributed by atoms with Gasteiger partial charge in [-0.15, -0.1) is 0 Å². The quantitative estimate of drug-likeness (QED) is 0.871. The molecule has 1 aromatic heterocycles. The average molecular weight is 304 g/mol. The molecule has 0 bridgehead atoms. The van der Waals surface area contributed by atoms with Crippen molar-refractivity contribution in [3.63, 3.8) is 0 Å². The van der Waals surface area contributed by atoms with Crippen LogP contribution in [0.25, 0.3) is 0 Å². The molecule has 0 saturated carbocycles. The molecule has 0 aliphatic carbocycles. The highest BCUT2D eigenvalue weighted by Gasteiger charge is 2.49. The van der Waals surface area contributed by atoms with Gasteiger partial charge in [-0.05, 0) is 24.8 Å². The standard InChI is InChI=1S/C16H24N4O2/c1-19-10-12(9-17-19)14-8-15(21)18-16(14)3-5-20(6-4-16)13-2-7-22-11-13/h9-10,13-14H,2-8,11H2,1H3,(H,18,21)/t13-,14+/m0/s1. The molecule has 0 unspecified atom stereocenters. The van der Waals surface area contributed by atoms with Gasteiger partial charge in [-0.25, -0.2) is 0 Å². The smallest absolute Gasteiger partial charge is 0.221 e. The first-order valence-corrected chi connectivity index (χ1v) is 8.28. The summed E-state index contributed by atoms with van der Waals surface area (Å²) in [4.78, 5) is 14.6. The summed E-state index contributed by atoms with van der Waals surface area (Å²) in [5, 5.41) is 7.60. The Morgan fingerprint density at radius 1 is 1.41 bits per heavy atom. The first-order chi connectivity index (χ1) is 10.7. The minimum Gasteiger partial charge on any atom is -0.380 e. The maximum absolute atomic E-state index is 12.1. The largest absolute Gasteiger partial charge is 0.380 e. The predicted molar refractivity (Wildman–Crippen MR) is 81.5 cm³/mol. The third-order valence-electron chi connectivity index (χ3n) is 5.68. The van der Waals surface area contributed by atoms with E-state index in [-0.39, 0.29) is 17.4 Å². The van der Waals surface area contributed by atoms with Crippen LogP contribution in [-0.4, -0.2) is 58.5 Å². The van der Waals surface area contributed by atoms with Crippen LogP contribution in [0.2, 0.25) is 0 Å². The molecule has 3 saturated heterocycles. The normalized spacial score (nSPS) is 31.8. The highest BCUT2D eigenvalue weighted by Crippen LogP contribution is 2.43. The molecule has 0 radical (unpaired) electrons. The minimum absolute atomic E-state index is 0.0733. The van der Waals surface area contributed by atoms with Crippen LogP contribution >= 0.6 is 0 Å². The van der Waals surface area contributed by atoms with Gasteiger partial charge in [-0.1, -0.05) is 0 Å². The Balaban J connectivity index is 1.51. The van der Waals surface area contributed by atoms with E-state index in [1.54, 1.807) is 0 Å². The fraction of sp³-hybridized carbons (Fsp3) is 0.750. The Bertz CT molecular complexity index is 556. The van der Waals surface area contributed by atoms with Gasteiger partial charge in [-0.3, -0.25) is 14.4 Å². The number of hydrogen-bond acceptors (Lipinski definition) is 4. The molecular weight excluding hydrogens is 280 g/mol. The van der Waals surface area contributed by atoms with Crippen LogP contribution in [0.4, 0.5) is 0 Å². The van der Waals surface area contributed by atoms with Crippen molar-refractivity contribution in [2.24, 2.45) is 7.05 Å². The van der Waals surface area contributed by atoms with Crippen molar-refractivity contribution >= 4 is 5.91 Å². The summed E-state index contributed by atoms with van der Waals surface area (Å²) in [5.74, 6) is 0.446. The van der Waals surface area contributed by atoms with Crippen LogP contribution < -0.4 is 5.32 Å². The summed E-state index contributed by atoms with van der Waals surface area (Å²) in [6.07, 6.45) is 7.76. The third-order valence-corrected chi connectivity index (χ3v) is 5.68. The van der Waals surface area contributed by atoms with E-state index >= 15 is 0 Å². The van der Waals surface area contributed by atoms with Gasteiger partial charge < -0.3 is 10.1 Å². The molecule has 6 nitrogen and oxygen atoms in total. The van der Waals surface area contributed by atoms with E-state index in [0.29, 0.717) is 12.5 Å². The molecule has 3 aliphatic heterocycles. The Morgan fingerprint density at radius 3 is 2.86 bits per heavy atom. The number of nitrogens with zero attached hydrogens (tertiary/aromatic N) is 3. The lowest BCUT2D eigenvalue weighted by atomic mass is 9.75. The van der Waals surface area contributed by atoms with Crippen LogP contribution in [0.15, 0.2) is 12.4 Å². The molecular formula is C16H24N4O2. The zero-order valence-corrected chi connectivity index (χ0v) is 13.1. The van der Waals surface area contributed by atoms with Crippen molar-refractivity contribution in [1.29, 1.82) is 0 Å². The number of nitrogens with one attached hydrogen (secondary N) is 1. The van der Waals surface area contributed by atoms with Crippen molar-refractivity contribution in [3.05, 3.63) is 18.0 Å². The number of aromatic nitrogens is 2. The van der Waals surface area contributed by atoms with E-state index in [1.165, 1.54) is 5.56 Å². The molecule has 22 heavy (non-hydrogen) atoms. The molecule has 1 N–H and O–H groups in total. The minimum atomic E-state index is -0.0733. The topological polar surface area (TPSA) is 59.4 Å². The third kappa shape index (κ3) is 2.34. The molecule has 4 rings (SSSR count).